The van der Waals surface area contributed by atoms with E-state index in [2.05, 4.69) is 5.32 Å². The quantitative estimate of drug-likeness (QED) is 0.716. The average molecular weight is 395 g/mol. The van der Waals surface area contributed by atoms with Crippen molar-refractivity contribution in [3.8, 4) is 0 Å². The molecule has 1 aromatic carbocycles. The molecule has 29 heavy (non-hydrogen) atoms. The molecule has 1 aromatic rings. The number of amides is 3. The smallest absolute Gasteiger partial charge is 0.261 e. The summed E-state index contributed by atoms with van der Waals surface area (Å²) >= 11 is 0. The van der Waals surface area contributed by atoms with Crippen molar-refractivity contribution in [2.45, 2.75) is 57.8 Å². The molecule has 1 aliphatic heterocycles. The molecular formula is C24H30N2O3. The van der Waals surface area contributed by atoms with Crippen LogP contribution < -0.4 is 5.32 Å². The molecule has 4 aliphatic carbocycles. The second-order valence-corrected chi connectivity index (χ2v) is 9.93. The molecule has 5 nitrogen and oxygen atoms in total. The summed E-state index contributed by atoms with van der Waals surface area (Å²) in [7, 11) is 0. The SMILES string of the molecule is O=C(CCCN1C(=O)c2ccccc2C1=O)NCCC12CC3CC(CC(C3)C1)C2. The van der Waals surface area contributed by atoms with Crippen molar-refractivity contribution < 1.29 is 14.4 Å². The molecular weight excluding hydrogens is 364 g/mol. The summed E-state index contributed by atoms with van der Waals surface area (Å²) in [5.74, 6) is 2.37. The third-order valence-electron chi connectivity index (χ3n) is 7.81. The van der Waals surface area contributed by atoms with Gasteiger partial charge in [0, 0.05) is 19.5 Å². The highest BCUT2D eigenvalue weighted by Gasteiger charge is 2.50. The van der Waals surface area contributed by atoms with Gasteiger partial charge in [0.05, 0.1) is 11.1 Å². The molecule has 4 saturated carbocycles. The summed E-state index contributed by atoms with van der Waals surface area (Å²) in [6.07, 6.45) is 10.4. The Morgan fingerprint density at radius 3 is 2.07 bits per heavy atom. The summed E-state index contributed by atoms with van der Waals surface area (Å²) < 4.78 is 0. The zero-order chi connectivity index (χ0) is 20.0. The Balaban J connectivity index is 1.06. The first-order chi connectivity index (χ1) is 14.0. The van der Waals surface area contributed by atoms with Gasteiger partial charge >= 0.3 is 0 Å². The maximum Gasteiger partial charge on any atom is 0.261 e. The van der Waals surface area contributed by atoms with E-state index in [1.165, 1.54) is 43.4 Å². The van der Waals surface area contributed by atoms with Crippen molar-refractivity contribution in [3.63, 3.8) is 0 Å². The highest BCUT2D eigenvalue weighted by Crippen LogP contribution is 2.61. The minimum Gasteiger partial charge on any atom is -0.356 e. The van der Waals surface area contributed by atoms with E-state index in [1.54, 1.807) is 24.3 Å². The summed E-state index contributed by atoms with van der Waals surface area (Å²) in [4.78, 5) is 38.3. The van der Waals surface area contributed by atoms with E-state index in [0.717, 1.165) is 30.7 Å². The molecule has 4 bridgehead atoms. The Morgan fingerprint density at radius 1 is 0.966 bits per heavy atom. The molecule has 1 N–H and O–H groups in total. The molecule has 0 atom stereocenters. The van der Waals surface area contributed by atoms with Crippen LogP contribution in [0.1, 0.15) is 78.5 Å². The summed E-state index contributed by atoms with van der Waals surface area (Å²) in [6.45, 7) is 1.06. The molecule has 4 fully saturated rings. The highest BCUT2D eigenvalue weighted by atomic mass is 16.2. The second kappa shape index (κ2) is 7.26. The Hall–Kier alpha value is -2.17. The molecule has 0 spiro atoms. The fourth-order valence-electron chi connectivity index (χ4n) is 6.99. The number of benzene rings is 1. The molecule has 0 radical (unpaired) electrons. The van der Waals surface area contributed by atoms with E-state index in [9.17, 15) is 14.4 Å². The molecule has 1 heterocycles. The zero-order valence-electron chi connectivity index (χ0n) is 17.0. The molecule has 154 valence electrons. The van der Waals surface area contributed by atoms with Crippen LogP contribution in [0.25, 0.3) is 0 Å². The molecule has 0 saturated heterocycles. The minimum atomic E-state index is -0.243. The Bertz CT molecular complexity index is 776. The van der Waals surface area contributed by atoms with Gasteiger partial charge in [0.15, 0.2) is 0 Å². The third kappa shape index (κ3) is 3.49. The van der Waals surface area contributed by atoms with Crippen LogP contribution in [0, 0.1) is 23.2 Å². The Kier molecular flexibility index (Phi) is 4.72. The van der Waals surface area contributed by atoms with Crippen LogP contribution in [-0.4, -0.2) is 35.7 Å². The monoisotopic (exact) mass is 394 g/mol. The summed E-state index contributed by atoms with van der Waals surface area (Å²) in [6, 6.07) is 6.91. The van der Waals surface area contributed by atoms with Gasteiger partial charge in [0.25, 0.3) is 11.8 Å². The first-order valence-corrected chi connectivity index (χ1v) is 11.2. The van der Waals surface area contributed by atoms with Crippen LogP contribution in [0.5, 0.6) is 0 Å². The van der Waals surface area contributed by atoms with E-state index in [0.29, 0.717) is 35.9 Å². The van der Waals surface area contributed by atoms with Crippen LogP contribution in [0.2, 0.25) is 0 Å². The van der Waals surface area contributed by atoms with E-state index >= 15 is 0 Å². The fraction of sp³-hybridized carbons (Fsp3) is 0.625. The van der Waals surface area contributed by atoms with Gasteiger partial charge in [-0.05, 0) is 86.7 Å². The van der Waals surface area contributed by atoms with E-state index < -0.39 is 0 Å². The van der Waals surface area contributed by atoms with Crippen LogP contribution in [-0.2, 0) is 4.79 Å². The molecule has 6 rings (SSSR count). The number of nitrogens with zero attached hydrogens (tertiary/aromatic N) is 1. The van der Waals surface area contributed by atoms with Crippen molar-refractivity contribution in [2.24, 2.45) is 23.2 Å². The van der Waals surface area contributed by atoms with Gasteiger partial charge in [-0.25, -0.2) is 0 Å². The normalized spacial score (nSPS) is 32.0. The lowest BCUT2D eigenvalue weighted by Crippen LogP contribution is -2.47. The number of imide groups is 1. The van der Waals surface area contributed by atoms with Gasteiger partial charge in [-0.2, -0.15) is 0 Å². The molecule has 5 heteroatoms. The lowest BCUT2D eigenvalue weighted by atomic mass is 9.49. The Labute approximate surface area is 172 Å². The van der Waals surface area contributed by atoms with Crippen LogP contribution >= 0.6 is 0 Å². The maximum atomic E-state index is 12.4. The number of rotatable bonds is 7. The summed E-state index contributed by atoms with van der Waals surface area (Å²) in [5, 5.41) is 3.10. The van der Waals surface area contributed by atoms with Gasteiger partial charge in [-0.1, -0.05) is 12.1 Å². The predicted molar refractivity (Wildman–Crippen MR) is 109 cm³/mol. The maximum absolute atomic E-state index is 12.4. The number of hydrogen-bond acceptors (Lipinski definition) is 3. The van der Waals surface area contributed by atoms with E-state index in [1.807, 2.05) is 0 Å². The van der Waals surface area contributed by atoms with E-state index in [4.69, 9.17) is 0 Å². The largest absolute Gasteiger partial charge is 0.356 e. The minimum absolute atomic E-state index is 0.0336. The molecule has 0 aromatic heterocycles. The topological polar surface area (TPSA) is 66.5 Å². The number of nitrogens with one attached hydrogen (secondary N) is 1. The second-order valence-electron chi connectivity index (χ2n) is 9.93. The van der Waals surface area contributed by atoms with Crippen LogP contribution in [0.15, 0.2) is 24.3 Å². The zero-order valence-corrected chi connectivity index (χ0v) is 17.0. The lowest BCUT2D eigenvalue weighted by molar-refractivity contribution is -0.121. The third-order valence-corrected chi connectivity index (χ3v) is 7.81. The molecule has 5 aliphatic rings. The van der Waals surface area contributed by atoms with Crippen LogP contribution in [0.3, 0.4) is 0 Å². The Morgan fingerprint density at radius 2 is 1.52 bits per heavy atom. The summed E-state index contributed by atoms with van der Waals surface area (Å²) in [5.41, 5.74) is 1.43. The van der Waals surface area contributed by atoms with Crippen molar-refractivity contribution in [2.75, 3.05) is 13.1 Å². The standard InChI is InChI=1S/C24H30N2O3/c27-21(6-3-9-26-22(28)19-4-1-2-5-20(19)23(26)29)25-8-7-24-13-16-10-17(14-24)12-18(11-16)15-24/h1-2,4-5,16-18H,3,6-15H2,(H,25,27). The van der Waals surface area contributed by atoms with Gasteiger partial charge in [0.2, 0.25) is 5.91 Å². The molecule has 3 amide bonds. The first kappa shape index (κ1) is 18.8. The van der Waals surface area contributed by atoms with Gasteiger partial charge < -0.3 is 5.32 Å². The first-order valence-electron chi connectivity index (χ1n) is 11.2. The van der Waals surface area contributed by atoms with Crippen molar-refractivity contribution in [1.29, 1.82) is 0 Å². The fourth-order valence-corrected chi connectivity index (χ4v) is 6.99. The lowest BCUT2D eigenvalue weighted by Gasteiger charge is -2.57. The van der Waals surface area contributed by atoms with Gasteiger partial charge in [0.1, 0.15) is 0 Å². The number of hydrogen-bond donors (Lipinski definition) is 1. The number of carbonyl (C=O) groups excluding carboxylic acids is 3. The number of fused-ring (bicyclic) bond motifs is 1. The van der Waals surface area contributed by atoms with Gasteiger partial charge in [-0.15, -0.1) is 0 Å². The van der Waals surface area contributed by atoms with Gasteiger partial charge in [-0.3, -0.25) is 19.3 Å². The van der Waals surface area contributed by atoms with Crippen molar-refractivity contribution in [3.05, 3.63) is 35.4 Å². The molecule has 0 unspecified atom stereocenters. The van der Waals surface area contributed by atoms with E-state index in [-0.39, 0.29) is 17.7 Å². The van der Waals surface area contributed by atoms with Crippen molar-refractivity contribution >= 4 is 17.7 Å². The predicted octanol–water partition coefficient (Wildman–Crippen LogP) is 3.79. The number of carbonyl (C=O) groups is 3. The highest BCUT2D eigenvalue weighted by molar-refractivity contribution is 6.21. The van der Waals surface area contributed by atoms with Crippen LogP contribution in [0.4, 0.5) is 0 Å². The van der Waals surface area contributed by atoms with Crippen molar-refractivity contribution in [1.82, 2.24) is 10.2 Å². The average Bonchev–Trinajstić information content (AvgIpc) is 2.92.